The molecule has 1 aromatic carbocycles. The second-order valence-corrected chi connectivity index (χ2v) is 4.37. The fraction of sp³-hybridized carbons (Fsp3) is 0.143. The smallest absolute Gasteiger partial charge is 0.212 e. The monoisotopic (exact) mass is 279 g/mol. The highest BCUT2D eigenvalue weighted by Crippen LogP contribution is 2.17. The molecule has 0 saturated carbocycles. The number of halogens is 2. The van der Waals surface area contributed by atoms with E-state index in [2.05, 4.69) is 4.98 Å². The molecule has 2 rings (SSSR count). The third kappa shape index (κ3) is 3.29. The van der Waals surface area contributed by atoms with Gasteiger partial charge in [-0.15, -0.1) is 0 Å². The lowest BCUT2D eigenvalue weighted by molar-refractivity contribution is 0.0989. The highest BCUT2D eigenvalue weighted by Gasteiger charge is 2.13. The maximum atomic E-state index is 13.6. The molecule has 0 fully saturated rings. The Morgan fingerprint density at radius 1 is 1.37 bits per heavy atom. The Balaban J connectivity index is 2.15. The number of Topliss-reactive ketones (excluding diaryl/α,β-unsaturated/α-hetero) is 1. The molecular weight excluding hydrogens is 269 g/mol. The Kier molecular flexibility index (Phi) is 4.12. The van der Waals surface area contributed by atoms with E-state index < -0.39 is 5.82 Å². The molecule has 0 spiro atoms. The number of methoxy groups -OCH3 is 1. The summed E-state index contributed by atoms with van der Waals surface area (Å²) in [6.07, 6.45) is 1.61. The number of ether oxygens (including phenoxy) is 1. The maximum absolute atomic E-state index is 13.6. The standard InChI is InChI=1S/C14H11ClFNO2/c1-19-14-5-2-9(8-17-14)6-13(18)11-4-3-10(15)7-12(11)16/h2-5,7-8H,6H2,1H3. The summed E-state index contributed by atoms with van der Waals surface area (Å²) in [5.74, 6) is -0.464. The van der Waals surface area contributed by atoms with Crippen LogP contribution < -0.4 is 4.74 Å². The fourth-order valence-corrected chi connectivity index (χ4v) is 1.79. The Bertz CT molecular complexity index is 599. The van der Waals surface area contributed by atoms with Crippen molar-refractivity contribution in [1.82, 2.24) is 4.98 Å². The largest absolute Gasteiger partial charge is 0.481 e. The molecule has 0 saturated heterocycles. The SMILES string of the molecule is COc1ccc(CC(=O)c2ccc(Cl)cc2F)cn1. The maximum Gasteiger partial charge on any atom is 0.212 e. The molecule has 0 amide bonds. The molecule has 5 heteroatoms. The van der Waals surface area contributed by atoms with Crippen LogP contribution in [0.2, 0.25) is 5.02 Å². The summed E-state index contributed by atoms with van der Waals surface area (Å²) in [5.41, 5.74) is 0.723. The number of ketones is 1. The van der Waals surface area contributed by atoms with E-state index in [9.17, 15) is 9.18 Å². The average molecular weight is 280 g/mol. The number of aromatic nitrogens is 1. The van der Waals surface area contributed by atoms with Gasteiger partial charge in [-0.25, -0.2) is 9.37 Å². The summed E-state index contributed by atoms with van der Waals surface area (Å²) < 4.78 is 18.5. The van der Waals surface area contributed by atoms with E-state index in [0.29, 0.717) is 11.4 Å². The predicted octanol–water partition coefficient (Wildman–Crippen LogP) is 3.31. The van der Waals surface area contributed by atoms with Crippen LogP contribution in [0.1, 0.15) is 15.9 Å². The molecule has 0 atom stereocenters. The van der Waals surface area contributed by atoms with Gasteiger partial charge in [0.05, 0.1) is 12.7 Å². The summed E-state index contributed by atoms with van der Waals surface area (Å²) in [4.78, 5) is 15.9. The zero-order chi connectivity index (χ0) is 13.8. The lowest BCUT2D eigenvalue weighted by Gasteiger charge is -2.04. The lowest BCUT2D eigenvalue weighted by atomic mass is 10.0. The van der Waals surface area contributed by atoms with Crippen molar-refractivity contribution < 1.29 is 13.9 Å². The Morgan fingerprint density at radius 3 is 2.74 bits per heavy atom. The van der Waals surface area contributed by atoms with Crippen molar-refractivity contribution in [2.45, 2.75) is 6.42 Å². The van der Waals surface area contributed by atoms with Gasteiger partial charge in [-0.3, -0.25) is 4.79 Å². The van der Waals surface area contributed by atoms with Gasteiger partial charge in [-0.2, -0.15) is 0 Å². The number of benzene rings is 1. The minimum absolute atomic E-state index is 0.0280. The molecule has 98 valence electrons. The fourth-order valence-electron chi connectivity index (χ4n) is 1.63. The van der Waals surface area contributed by atoms with Crippen molar-refractivity contribution >= 4 is 17.4 Å². The molecule has 0 aliphatic carbocycles. The Labute approximate surface area is 115 Å². The third-order valence-corrected chi connectivity index (χ3v) is 2.84. The van der Waals surface area contributed by atoms with Crippen LogP contribution in [0, 0.1) is 5.82 Å². The normalized spacial score (nSPS) is 10.3. The first kappa shape index (κ1) is 13.5. The first-order valence-electron chi connectivity index (χ1n) is 5.57. The van der Waals surface area contributed by atoms with E-state index in [1.54, 1.807) is 12.1 Å². The van der Waals surface area contributed by atoms with Crippen LogP contribution in [0.15, 0.2) is 36.5 Å². The van der Waals surface area contributed by atoms with Crippen LogP contribution in [0.3, 0.4) is 0 Å². The topological polar surface area (TPSA) is 39.2 Å². The van der Waals surface area contributed by atoms with Crippen LogP contribution in [-0.2, 0) is 6.42 Å². The van der Waals surface area contributed by atoms with E-state index in [1.165, 1.54) is 25.4 Å². The van der Waals surface area contributed by atoms with Crippen molar-refractivity contribution in [1.29, 1.82) is 0 Å². The Morgan fingerprint density at radius 2 is 2.16 bits per heavy atom. The molecule has 1 aromatic heterocycles. The highest BCUT2D eigenvalue weighted by molar-refractivity contribution is 6.30. The van der Waals surface area contributed by atoms with Crippen molar-refractivity contribution in [3.05, 3.63) is 58.5 Å². The molecule has 0 N–H and O–H groups in total. The van der Waals surface area contributed by atoms with Crippen LogP contribution in [0.5, 0.6) is 5.88 Å². The minimum atomic E-state index is -0.612. The van der Waals surface area contributed by atoms with Gasteiger partial charge in [-0.1, -0.05) is 17.7 Å². The molecule has 2 aromatic rings. The number of carbonyl (C=O) groups excluding carboxylic acids is 1. The summed E-state index contributed by atoms with van der Waals surface area (Å²) in [7, 11) is 1.51. The number of hydrogen-bond donors (Lipinski definition) is 0. The molecule has 0 bridgehead atoms. The number of nitrogens with zero attached hydrogens (tertiary/aromatic N) is 1. The first-order valence-corrected chi connectivity index (χ1v) is 5.95. The van der Waals surface area contributed by atoms with Crippen molar-refractivity contribution in [3.8, 4) is 5.88 Å². The first-order chi connectivity index (χ1) is 9.10. The average Bonchev–Trinajstić information content (AvgIpc) is 2.39. The number of hydrogen-bond acceptors (Lipinski definition) is 3. The van der Waals surface area contributed by atoms with Crippen LogP contribution >= 0.6 is 11.6 Å². The van der Waals surface area contributed by atoms with Gasteiger partial charge >= 0.3 is 0 Å². The summed E-state index contributed by atoms with van der Waals surface area (Å²) in [5, 5.41) is 0.264. The minimum Gasteiger partial charge on any atom is -0.481 e. The number of pyridine rings is 1. The van der Waals surface area contributed by atoms with Crippen molar-refractivity contribution in [2.24, 2.45) is 0 Å². The predicted molar refractivity (Wildman–Crippen MR) is 70.2 cm³/mol. The third-order valence-electron chi connectivity index (χ3n) is 2.60. The highest BCUT2D eigenvalue weighted by atomic mass is 35.5. The molecule has 0 unspecified atom stereocenters. The van der Waals surface area contributed by atoms with Gasteiger partial charge in [-0.05, 0) is 23.8 Å². The summed E-state index contributed by atoms with van der Waals surface area (Å²) in [6.45, 7) is 0. The van der Waals surface area contributed by atoms with Gasteiger partial charge in [0.1, 0.15) is 5.82 Å². The van der Waals surface area contributed by atoms with Crippen LogP contribution in [-0.4, -0.2) is 17.9 Å². The van der Waals surface area contributed by atoms with Crippen LogP contribution in [0.4, 0.5) is 4.39 Å². The van der Waals surface area contributed by atoms with Gasteiger partial charge < -0.3 is 4.74 Å². The van der Waals surface area contributed by atoms with Crippen molar-refractivity contribution in [2.75, 3.05) is 7.11 Å². The van der Waals surface area contributed by atoms with E-state index >= 15 is 0 Å². The lowest BCUT2D eigenvalue weighted by Crippen LogP contribution is -2.06. The summed E-state index contributed by atoms with van der Waals surface area (Å²) >= 11 is 5.64. The molecule has 19 heavy (non-hydrogen) atoms. The Hall–Kier alpha value is -1.94. The van der Waals surface area contributed by atoms with E-state index in [1.807, 2.05) is 0 Å². The number of rotatable bonds is 4. The molecule has 0 aliphatic heterocycles. The molecule has 0 aliphatic rings. The van der Waals surface area contributed by atoms with Crippen LogP contribution in [0.25, 0.3) is 0 Å². The second-order valence-electron chi connectivity index (χ2n) is 3.93. The van der Waals surface area contributed by atoms with E-state index in [0.717, 1.165) is 6.07 Å². The summed E-state index contributed by atoms with van der Waals surface area (Å²) in [6, 6.07) is 7.38. The van der Waals surface area contributed by atoms with E-state index in [4.69, 9.17) is 16.3 Å². The number of carbonyl (C=O) groups is 1. The molecule has 1 heterocycles. The van der Waals surface area contributed by atoms with E-state index in [-0.39, 0.29) is 22.8 Å². The van der Waals surface area contributed by atoms with Crippen molar-refractivity contribution in [3.63, 3.8) is 0 Å². The van der Waals surface area contributed by atoms with Gasteiger partial charge in [0.2, 0.25) is 5.88 Å². The molecule has 3 nitrogen and oxygen atoms in total. The van der Waals surface area contributed by atoms with Gasteiger partial charge in [0.25, 0.3) is 0 Å². The molecular formula is C14H11ClFNO2. The zero-order valence-electron chi connectivity index (χ0n) is 10.2. The molecule has 0 radical (unpaired) electrons. The van der Waals surface area contributed by atoms with Gasteiger partial charge in [0.15, 0.2) is 5.78 Å². The quantitative estimate of drug-likeness (QED) is 0.806. The second kappa shape index (κ2) is 5.80. The van der Waals surface area contributed by atoms with Gasteiger partial charge in [0, 0.05) is 23.7 Å². The zero-order valence-corrected chi connectivity index (χ0v) is 10.9.